The molecule has 0 radical (unpaired) electrons. The first kappa shape index (κ1) is 17.8. The minimum atomic E-state index is 0.852. The number of benzene rings is 1. The molecule has 0 spiro atoms. The van der Waals surface area contributed by atoms with E-state index in [9.17, 15) is 0 Å². The van der Waals surface area contributed by atoms with Crippen LogP contribution in [-0.4, -0.2) is 6.61 Å². The molecule has 1 heteroatoms. The topological polar surface area (TPSA) is 9.23 Å². The minimum Gasteiger partial charge on any atom is -0.494 e. The Morgan fingerprint density at radius 2 is 1.33 bits per heavy atom. The standard InChI is InChI=1S/C20H32O/c1-3-4-5-6-7-8-9-10-11-12-13-18-21-20-16-14-19(2)15-17-20/h3,14-17H,1,4-13,18H2,2H3. The van der Waals surface area contributed by atoms with Crippen molar-refractivity contribution in [1.82, 2.24) is 0 Å². The second-order valence-electron chi connectivity index (χ2n) is 5.92. The summed E-state index contributed by atoms with van der Waals surface area (Å²) in [7, 11) is 0. The molecule has 1 rings (SSSR count). The molecule has 0 atom stereocenters. The molecule has 0 fully saturated rings. The smallest absolute Gasteiger partial charge is 0.119 e. The molecule has 0 bridgehead atoms. The number of allylic oxidation sites excluding steroid dienone is 1. The zero-order valence-electron chi connectivity index (χ0n) is 13.8. The van der Waals surface area contributed by atoms with Gasteiger partial charge < -0.3 is 4.74 Å². The molecule has 1 aromatic carbocycles. The molecule has 21 heavy (non-hydrogen) atoms. The summed E-state index contributed by atoms with van der Waals surface area (Å²) >= 11 is 0. The zero-order valence-corrected chi connectivity index (χ0v) is 13.8. The van der Waals surface area contributed by atoms with E-state index >= 15 is 0 Å². The third-order valence-electron chi connectivity index (χ3n) is 3.84. The van der Waals surface area contributed by atoms with Crippen LogP contribution in [0, 0.1) is 6.92 Å². The van der Waals surface area contributed by atoms with Crippen LogP contribution in [0.3, 0.4) is 0 Å². The minimum absolute atomic E-state index is 0.852. The molecule has 0 amide bonds. The van der Waals surface area contributed by atoms with Crippen molar-refractivity contribution in [3.05, 3.63) is 42.5 Å². The van der Waals surface area contributed by atoms with Crippen molar-refractivity contribution < 1.29 is 4.74 Å². The van der Waals surface area contributed by atoms with Crippen LogP contribution < -0.4 is 4.74 Å². The van der Waals surface area contributed by atoms with E-state index in [-0.39, 0.29) is 0 Å². The first-order valence-corrected chi connectivity index (χ1v) is 8.63. The number of hydrogen-bond acceptors (Lipinski definition) is 1. The van der Waals surface area contributed by atoms with Crippen molar-refractivity contribution in [2.45, 2.75) is 71.1 Å². The zero-order chi connectivity index (χ0) is 15.2. The highest BCUT2D eigenvalue weighted by molar-refractivity contribution is 5.26. The first-order chi connectivity index (χ1) is 10.3. The highest BCUT2D eigenvalue weighted by atomic mass is 16.5. The largest absolute Gasteiger partial charge is 0.494 e. The van der Waals surface area contributed by atoms with E-state index in [1.807, 2.05) is 6.08 Å². The van der Waals surface area contributed by atoms with Crippen LogP contribution in [-0.2, 0) is 0 Å². The van der Waals surface area contributed by atoms with Gasteiger partial charge in [0.1, 0.15) is 5.75 Å². The van der Waals surface area contributed by atoms with Crippen LogP contribution in [0.15, 0.2) is 36.9 Å². The van der Waals surface area contributed by atoms with Gasteiger partial charge in [0, 0.05) is 0 Å². The maximum atomic E-state index is 5.74. The van der Waals surface area contributed by atoms with E-state index in [1.165, 1.54) is 69.8 Å². The predicted octanol–water partition coefficient (Wildman–Crippen LogP) is 6.46. The Bertz CT molecular complexity index is 353. The molecular formula is C20H32O. The van der Waals surface area contributed by atoms with Crippen molar-refractivity contribution in [2.24, 2.45) is 0 Å². The van der Waals surface area contributed by atoms with Gasteiger partial charge in [0.2, 0.25) is 0 Å². The quantitative estimate of drug-likeness (QED) is 0.299. The summed E-state index contributed by atoms with van der Waals surface area (Å²) in [5.41, 5.74) is 1.28. The lowest BCUT2D eigenvalue weighted by Gasteiger charge is -2.06. The second kappa shape index (κ2) is 12.5. The number of hydrogen-bond donors (Lipinski definition) is 0. The lowest BCUT2D eigenvalue weighted by molar-refractivity contribution is 0.304. The molecule has 1 nitrogen and oxygen atoms in total. The fourth-order valence-electron chi connectivity index (χ4n) is 2.45. The summed E-state index contributed by atoms with van der Waals surface area (Å²) in [6, 6.07) is 8.32. The summed E-state index contributed by atoms with van der Waals surface area (Å²) in [6.07, 6.45) is 15.3. The van der Waals surface area contributed by atoms with Gasteiger partial charge in [-0.1, -0.05) is 68.7 Å². The average molecular weight is 288 g/mol. The van der Waals surface area contributed by atoms with Crippen molar-refractivity contribution in [1.29, 1.82) is 0 Å². The van der Waals surface area contributed by atoms with Gasteiger partial charge in [0.25, 0.3) is 0 Å². The van der Waals surface area contributed by atoms with Crippen molar-refractivity contribution >= 4 is 0 Å². The predicted molar refractivity (Wildman–Crippen MR) is 93.0 cm³/mol. The summed E-state index contributed by atoms with van der Waals surface area (Å²) in [5.74, 6) is 1.00. The SMILES string of the molecule is C=CCCCCCCCCCCCOc1ccc(C)cc1. The van der Waals surface area contributed by atoms with Gasteiger partial charge in [-0.05, 0) is 38.3 Å². The highest BCUT2D eigenvalue weighted by Gasteiger charge is 1.95. The Labute approximate surface area is 131 Å². The Morgan fingerprint density at radius 3 is 1.90 bits per heavy atom. The number of unbranched alkanes of at least 4 members (excludes halogenated alkanes) is 9. The molecular weight excluding hydrogens is 256 g/mol. The molecule has 0 saturated heterocycles. The maximum Gasteiger partial charge on any atom is 0.119 e. The molecule has 118 valence electrons. The van der Waals surface area contributed by atoms with Crippen LogP contribution in [0.1, 0.15) is 69.8 Å². The second-order valence-corrected chi connectivity index (χ2v) is 5.92. The van der Waals surface area contributed by atoms with E-state index in [4.69, 9.17) is 4.74 Å². The van der Waals surface area contributed by atoms with Crippen LogP contribution in [0.25, 0.3) is 0 Å². The molecule has 0 heterocycles. The van der Waals surface area contributed by atoms with Crippen LogP contribution in [0.5, 0.6) is 5.75 Å². The van der Waals surface area contributed by atoms with E-state index in [0.29, 0.717) is 0 Å². The van der Waals surface area contributed by atoms with E-state index in [0.717, 1.165) is 12.4 Å². The van der Waals surface area contributed by atoms with Crippen LogP contribution >= 0.6 is 0 Å². The van der Waals surface area contributed by atoms with Gasteiger partial charge in [-0.2, -0.15) is 0 Å². The molecule has 0 aliphatic carbocycles. The number of ether oxygens (including phenoxy) is 1. The van der Waals surface area contributed by atoms with Gasteiger partial charge in [0.05, 0.1) is 6.61 Å². The third-order valence-corrected chi connectivity index (χ3v) is 3.84. The lowest BCUT2D eigenvalue weighted by atomic mass is 10.1. The fraction of sp³-hybridized carbons (Fsp3) is 0.600. The van der Waals surface area contributed by atoms with E-state index in [2.05, 4.69) is 37.8 Å². The van der Waals surface area contributed by atoms with Gasteiger partial charge in [0.15, 0.2) is 0 Å². The molecule has 0 aromatic heterocycles. The molecule has 0 saturated carbocycles. The number of aryl methyl sites for hydroxylation is 1. The monoisotopic (exact) mass is 288 g/mol. The van der Waals surface area contributed by atoms with Gasteiger partial charge in [-0.25, -0.2) is 0 Å². The van der Waals surface area contributed by atoms with Crippen molar-refractivity contribution in [3.63, 3.8) is 0 Å². The Balaban J connectivity index is 1.82. The Morgan fingerprint density at radius 1 is 0.810 bits per heavy atom. The Hall–Kier alpha value is -1.24. The van der Waals surface area contributed by atoms with Crippen molar-refractivity contribution in [3.8, 4) is 5.75 Å². The van der Waals surface area contributed by atoms with Crippen molar-refractivity contribution in [2.75, 3.05) is 6.61 Å². The van der Waals surface area contributed by atoms with Gasteiger partial charge in [-0.15, -0.1) is 6.58 Å². The highest BCUT2D eigenvalue weighted by Crippen LogP contribution is 2.13. The van der Waals surface area contributed by atoms with Crippen LogP contribution in [0.4, 0.5) is 0 Å². The average Bonchev–Trinajstić information content (AvgIpc) is 2.50. The maximum absolute atomic E-state index is 5.74. The normalized spacial score (nSPS) is 10.5. The fourth-order valence-corrected chi connectivity index (χ4v) is 2.45. The lowest BCUT2D eigenvalue weighted by Crippen LogP contribution is -1.97. The van der Waals surface area contributed by atoms with E-state index in [1.54, 1.807) is 0 Å². The summed E-state index contributed by atoms with van der Waals surface area (Å²) in [6.45, 7) is 6.71. The summed E-state index contributed by atoms with van der Waals surface area (Å²) in [5, 5.41) is 0. The molecule has 0 aliphatic heterocycles. The molecule has 0 N–H and O–H groups in total. The first-order valence-electron chi connectivity index (χ1n) is 8.63. The van der Waals surface area contributed by atoms with Gasteiger partial charge >= 0.3 is 0 Å². The van der Waals surface area contributed by atoms with Gasteiger partial charge in [-0.3, -0.25) is 0 Å². The summed E-state index contributed by atoms with van der Waals surface area (Å²) in [4.78, 5) is 0. The summed E-state index contributed by atoms with van der Waals surface area (Å²) < 4.78 is 5.74. The molecule has 0 aliphatic rings. The number of rotatable bonds is 13. The Kier molecular flexibility index (Phi) is 10.6. The molecule has 0 unspecified atom stereocenters. The molecule has 1 aromatic rings. The third kappa shape index (κ3) is 10.2. The van der Waals surface area contributed by atoms with Crippen LogP contribution in [0.2, 0.25) is 0 Å². The van der Waals surface area contributed by atoms with E-state index < -0.39 is 0 Å².